The summed E-state index contributed by atoms with van der Waals surface area (Å²) < 4.78 is 0. The minimum Gasteiger partial charge on any atom is -0.355 e. The lowest BCUT2D eigenvalue weighted by atomic mass is 10.0. The smallest absolute Gasteiger partial charge is 0.231 e. The van der Waals surface area contributed by atoms with Gasteiger partial charge >= 0.3 is 0 Å². The fourth-order valence-electron chi connectivity index (χ4n) is 2.46. The second-order valence-corrected chi connectivity index (χ2v) is 5.18. The molecule has 0 aromatic carbocycles. The number of nitrogens with zero attached hydrogens (tertiary/aromatic N) is 3. The van der Waals surface area contributed by atoms with E-state index in [0.29, 0.717) is 6.54 Å². The fraction of sp³-hybridized carbons (Fsp3) is 0.643. The third-order valence-electron chi connectivity index (χ3n) is 3.65. The molecule has 1 saturated heterocycles. The molecule has 0 radical (unpaired) electrons. The first-order valence-corrected chi connectivity index (χ1v) is 7.10. The van der Waals surface area contributed by atoms with Gasteiger partial charge in [0.15, 0.2) is 0 Å². The molecule has 2 rings (SSSR count). The first kappa shape index (κ1) is 14.7. The summed E-state index contributed by atoms with van der Waals surface area (Å²) in [5.41, 5.74) is 0. The Morgan fingerprint density at radius 3 is 2.65 bits per heavy atom. The maximum absolute atomic E-state index is 12.3. The molecule has 2 heterocycles. The summed E-state index contributed by atoms with van der Waals surface area (Å²) in [6.45, 7) is 6.28. The van der Waals surface area contributed by atoms with Crippen LogP contribution >= 0.6 is 0 Å². The van der Waals surface area contributed by atoms with Crippen LogP contribution in [0.4, 0.5) is 0 Å². The van der Waals surface area contributed by atoms with Gasteiger partial charge in [0.1, 0.15) is 0 Å². The van der Waals surface area contributed by atoms with Crippen LogP contribution in [0.15, 0.2) is 17.3 Å². The van der Waals surface area contributed by atoms with Crippen molar-refractivity contribution in [3.8, 4) is 0 Å². The number of nitrogens with one attached hydrogen (secondary N) is 1. The molecule has 6 heteroatoms. The fourth-order valence-corrected chi connectivity index (χ4v) is 2.46. The number of hydrogen-bond acceptors (Lipinski definition) is 4. The molecule has 0 saturated carbocycles. The first-order chi connectivity index (χ1) is 9.66. The van der Waals surface area contributed by atoms with Crippen LogP contribution in [0.5, 0.6) is 0 Å². The molecule has 2 aliphatic rings. The molecule has 0 aromatic rings. The topological polar surface area (TPSA) is 65.0 Å². The van der Waals surface area contributed by atoms with E-state index in [1.807, 2.05) is 11.0 Å². The zero-order chi connectivity index (χ0) is 14.4. The van der Waals surface area contributed by atoms with Crippen LogP contribution in [0.25, 0.3) is 0 Å². The second kappa shape index (κ2) is 7.19. The monoisotopic (exact) mass is 278 g/mol. The van der Waals surface area contributed by atoms with Crippen molar-refractivity contribution in [2.45, 2.75) is 13.3 Å². The predicted molar refractivity (Wildman–Crippen MR) is 77.4 cm³/mol. The Bertz CT molecular complexity index is 411. The van der Waals surface area contributed by atoms with Crippen molar-refractivity contribution >= 4 is 18.0 Å². The Kier molecular flexibility index (Phi) is 5.29. The van der Waals surface area contributed by atoms with Gasteiger partial charge in [-0.05, 0) is 6.42 Å². The minimum atomic E-state index is -0.0917. The van der Waals surface area contributed by atoms with Crippen molar-refractivity contribution in [1.82, 2.24) is 15.1 Å². The number of rotatable bonds is 4. The van der Waals surface area contributed by atoms with Crippen molar-refractivity contribution < 1.29 is 9.59 Å². The molecule has 2 aliphatic heterocycles. The molecule has 20 heavy (non-hydrogen) atoms. The number of carbonyl (C=O) groups is 2. The van der Waals surface area contributed by atoms with E-state index in [1.54, 1.807) is 12.4 Å². The molecule has 0 bridgehead atoms. The van der Waals surface area contributed by atoms with Gasteiger partial charge in [-0.25, -0.2) is 0 Å². The van der Waals surface area contributed by atoms with Gasteiger partial charge in [0.25, 0.3) is 0 Å². The summed E-state index contributed by atoms with van der Waals surface area (Å²) in [7, 11) is 0. The van der Waals surface area contributed by atoms with Crippen LogP contribution in [-0.4, -0.2) is 67.1 Å². The number of hydrogen-bond donors (Lipinski definition) is 1. The quantitative estimate of drug-likeness (QED) is 0.779. The molecule has 1 N–H and O–H groups in total. The van der Waals surface area contributed by atoms with Crippen LogP contribution < -0.4 is 5.32 Å². The van der Waals surface area contributed by atoms with Gasteiger partial charge in [-0.1, -0.05) is 6.08 Å². The Hall–Kier alpha value is -1.69. The Morgan fingerprint density at radius 2 is 2.05 bits per heavy atom. The van der Waals surface area contributed by atoms with Gasteiger partial charge in [0, 0.05) is 58.6 Å². The van der Waals surface area contributed by atoms with Crippen molar-refractivity contribution in [1.29, 1.82) is 0 Å². The van der Waals surface area contributed by atoms with Gasteiger partial charge in [0.05, 0.1) is 5.92 Å². The predicted octanol–water partition coefficient (Wildman–Crippen LogP) is -0.129. The molecular formula is C14H22N4O2. The third-order valence-corrected chi connectivity index (χ3v) is 3.65. The summed E-state index contributed by atoms with van der Waals surface area (Å²) >= 11 is 0. The molecule has 0 aliphatic carbocycles. The average Bonchev–Trinajstić information content (AvgIpc) is 2.48. The van der Waals surface area contributed by atoms with E-state index in [1.165, 1.54) is 6.92 Å². The molecule has 110 valence electrons. The zero-order valence-corrected chi connectivity index (χ0v) is 11.9. The van der Waals surface area contributed by atoms with E-state index < -0.39 is 0 Å². The van der Waals surface area contributed by atoms with E-state index in [-0.39, 0.29) is 17.7 Å². The van der Waals surface area contributed by atoms with Crippen molar-refractivity contribution in [2.24, 2.45) is 10.9 Å². The third kappa shape index (κ3) is 4.16. The van der Waals surface area contributed by atoms with E-state index in [0.717, 1.165) is 39.1 Å². The minimum absolute atomic E-state index is 0.00320. The zero-order valence-electron chi connectivity index (χ0n) is 11.9. The molecular weight excluding hydrogens is 256 g/mol. The van der Waals surface area contributed by atoms with E-state index in [9.17, 15) is 9.59 Å². The van der Waals surface area contributed by atoms with E-state index >= 15 is 0 Å². The Labute approximate surface area is 119 Å². The van der Waals surface area contributed by atoms with Gasteiger partial charge in [-0.15, -0.1) is 0 Å². The van der Waals surface area contributed by atoms with Gasteiger partial charge in [0.2, 0.25) is 11.8 Å². The number of allylic oxidation sites excluding steroid dienone is 1. The molecule has 1 unspecified atom stereocenters. The lowest BCUT2D eigenvalue weighted by Gasteiger charge is -2.36. The molecule has 2 amide bonds. The molecule has 0 spiro atoms. The molecule has 0 aromatic heterocycles. The summed E-state index contributed by atoms with van der Waals surface area (Å²) in [5, 5.41) is 2.79. The van der Waals surface area contributed by atoms with Crippen LogP contribution in [0, 0.1) is 5.92 Å². The number of piperazine rings is 1. The second-order valence-electron chi connectivity index (χ2n) is 5.18. The normalized spacial score (nSPS) is 22.9. The number of amides is 2. The van der Waals surface area contributed by atoms with Crippen LogP contribution in [0.2, 0.25) is 0 Å². The summed E-state index contributed by atoms with van der Waals surface area (Å²) in [6, 6.07) is 0. The largest absolute Gasteiger partial charge is 0.355 e. The van der Waals surface area contributed by atoms with Crippen LogP contribution in [0.1, 0.15) is 13.3 Å². The maximum Gasteiger partial charge on any atom is 0.231 e. The van der Waals surface area contributed by atoms with Crippen LogP contribution in [-0.2, 0) is 9.59 Å². The van der Waals surface area contributed by atoms with E-state index in [2.05, 4.69) is 15.2 Å². The number of aliphatic imine (C=N–C) groups is 1. The molecule has 1 fully saturated rings. The van der Waals surface area contributed by atoms with Gasteiger partial charge in [-0.2, -0.15) is 0 Å². The SMILES string of the molecule is CC(=O)NCCN1CCN(C(=O)C2C=NC=CC2)CC1. The molecule has 6 nitrogen and oxygen atoms in total. The first-order valence-electron chi connectivity index (χ1n) is 7.10. The highest BCUT2D eigenvalue weighted by atomic mass is 16.2. The highest BCUT2D eigenvalue weighted by molar-refractivity contribution is 5.94. The van der Waals surface area contributed by atoms with E-state index in [4.69, 9.17) is 0 Å². The maximum atomic E-state index is 12.3. The summed E-state index contributed by atoms with van der Waals surface area (Å²) in [4.78, 5) is 31.3. The van der Waals surface area contributed by atoms with Crippen LogP contribution in [0.3, 0.4) is 0 Å². The highest BCUT2D eigenvalue weighted by Gasteiger charge is 2.26. The average molecular weight is 278 g/mol. The Balaban J connectivity index is 1.71. The summed E-state index contributed by atoms with van der Waals surface area (Å²) in [6.07, 6.45) is 6.17. The highest BCUT2D eigenvalue weighted by Crippen LogP contribution is 2.12. The Morgan fingerprint density at radius 1 is 1.30 bits per heavy atom. The summed E-state index contributed by atoms with van der Waals surface area (Å²) in [5.74, 6) is 0.0917. The van der Waals surface area contributed by atoms with Gasteiger partial charge < -0.3 is 10.2 Å². The lowest BCUT2D eigenvalue weighted by Crippen LogP contribution is -2.51. The van der Waals surface area contributed by atoms with Crippen molar-refractivity contribution in [3.05, 3.63) is 12.3 Å². The van der Waals surface area contributed by atoms with Crippen molar-refractivity contribution in [3.63, 3.8) is 0 Å². The molecule has 1 atom stereocenters. The van der Waals surface area contributed by atoms with Crippen molar-refractivity contribution in [2.75, 3.05) is 39.3 Å². The van der Waals surface area contributed by atoms with Gasteiger partial charge in [-0.3, -0.25) is 19.5 Å². The standard InChI is InChI=1S/C14H22N4O2/c1-12(19)16-5-6-17-7-9-18(10-8-17)14(20)13-3-2-4-15-11-13/h2,4,11,13H,3,5-10H2,1H3,(H,16,19). The lowest BCUT2D eigenvalue weighted by molar-refractivity contribution is -0.134. The number of carbonyl (C=O) groups excluding carboxylic acids is 2.